The van der Waals surface area contributed by atoms with Crippen LogP contribution in [0.5, 0.6) is 17.2 Å². The maximum absolute atomic E-state index is 9.84. The van der Waals surface area contributed by atoms with Crippen molar-refractivity contribution < 1.29 is 14.6 Å². The van der Waals surface area contributed by atoms with Crippen molar-refractivity contribution in [3.63, 3.8) is 0 Å². The third-order valence-corrected chi connectivity index (χ3v) is 3.25. The summed E-state index contributed by atoms with van der Waals surface area (Å²) in [7, 11) is 3.08. The number of phenolic OH excluding ortho intramolecular Hbond substituents is 1. The maximum Gasteiger partial charge on any atom is 0.200 e. The molecule has 0 unspecified atom stereocenters. The molecule has 0 spiro atoms. The number of hydrogen-bond donors (Lipinski definition) is 2. The van der Waals surface area contributed by atoms with Crippen molar-refractivity contribution in [2.45, 2.75) is 39.7 Å². The summed E-state index contributed by atoms with van der Waals surface area (Å²) in [5.41, 5.74) is 1.04. The summed E-state index contributed by atoms with van der Waals surface area (Å²) in [5, 5.41) is 13.2. The average molecular weight is 281 g/mol. The zero-order valence-electron chi connectivity index (χ0n) is 13.0. The second-order valence-corrected chi connectivity index (χ2v) is 5.42. The highest BCUT2D eigenvalue weighted by Gasteiger charge is 2.10. The first kappa shape index (κ1) is 16.6. The van der Waals surface area contributed by atoms with Gasteiger partial charge in [0.1, 0.15) is 0 Å². The highest BCUT2D eigenvalue weighted by Crippen LogP contribution is 2.36. The Hall–Kier alpha value is -1.42. The molecule has 0 amide bonds. The van der Waals surface area contributed by atoms with E-state index in [9.17, 15) is 5.11 Å². The van der Waals surface area contributed by atoms with Gasteiger partial charge in [-0.25, -0.2) is 0 Å². The van der Waals surface area contributed by atoms with Crippen LogP contribution in [0.2, 0.25) is 0 Å². The van der Waals surface area contributed by atoms with Crippen LogP contribution < -0.4 is 14.8 Å². The van der Waals surface area contributed by atoms with Crippen molar-refractivity contribution in [1.82, 2.24) is 5.32 Å². The van der Waals surface area contributed by atoms with Gasteiger partial charge in [-0.05, 0) is 36.6 Å². The molecular weight excluding hydrogens is 254 g/mol. The molecule has 0 aliphatic heterocycles. The summed E-state index contributed by atoms with van der Waals surface area (Å²) < 4.78 is 10.3. The molecule has 0 radical (unpaired) electrons. The van der Waals surface area contributed by atoms with E-state index in [1.807, 2.05) is 12.1 Å². The van der Waals surface area contributed by atoms with Crippen molar-refractivity contribution in [2.75, 3.05) is 20.8 Å². The average Bonchev–Trinajstić information content (AvgIpc) is 2.43. The number of phenols is 1. The number of nitrogens with one attached hydrogen (secondary N) is 1. The fraction of sp³-hybridized carbons (Fsp3) is 0.625. The number of rotatable bonds is 9. The van der Waals surface area contributed by atoms with Crippen molar-refractivity contribution in [2.24, 2.45) is 5.92 Å². The predicted molar refractivity (Wildman–Crippen MR) is 81.6 cm³/mol. The van der Waals surface area contributed by atoms with E-state index >= 15 is 0 Å². The van der Waals surface area contributed by atoms with E-state index in [1.165, 1.54) is 33.5 Å². The molecule has 4 nitrogen and oxygen atoms in total. The number of aromatic hydroxyl groups is 1. The molecule has 0 bridgehead atoms. The van der Waals surface area contributed by atoms with Crippen molar-refractivity contribution in [1.29, 1.82) is 0 Å². The summed E-state index contributed by atoms with van der Waals surface area (Å²) in [4.78, 5) is 0. The second-order valence-electron chi connectivity index (χ2n) is 5.42. The first-order valence-electron chi connectivity index (χ1n) is 7.23. The minimum Gasteiger partial charge on any atom is -0.502 e. The molecule has 0 aliphatic carbocycles. The number of unbranched alkanes of at least 4 members (excludes halogenated alkanes) is 1. The van der Waals surface area contributed by atoms with Gasteiger partial charge in [0.25, 0.3) is 0 Å². The third kappa shape index (κ3) is 5.29. The number of methoxy groups -OCH3 is 2. The molecule has 1 aromatic rings. The monoisotopic (exact) mass is 281 g/mol. The van der Waals surface area contributed by atoms with E-state index in [4.69, 9.17) is 9.47 Å². The molecule has 0 atom stereocenters. The van der Waals surface area contributed by atoms with Gasteiger partial charge in [-0.3, -0.25) is 0 Å². The minimum absolute atomic E-state index is 0.0516. The number of ether oxygens (including phenoxy) is 2. The molecule has 0 saturated carbocycles. The molecule has 2 N–H and O–H groups in total. The van der Waals surface area contributed by atoms with Crippen LogP contribution in [0.4, 0.5) is 0 Å². The molecule has 0 aromatic heterocycles. The van der Waals surface area contributed by atoms with Crippen LogP contribution in [0, 0.1) is 5.92 Å². The third-order valence-electron chi connectivity index (χ3n) is 3.25. The topological polar surface area (TPSA) is 50.7 Å². The van der Waals surface area contributed by atoms with Crippen LogP contribution in [-0.2, 0) is 6.54 Å². The molecule has 114 valence electrons. The zero-order chi connectivity index (χ0) is 15.0. The summed E-state index contributed by atoms with van der Waals surface area (Å²) in [6, 6.07) is 3.66. The fourth-order valence-corrected chi connectivity index (χ4v) is 2.09. The first-order chi connectivity index (χ1) is 9.58. The predicted octanol–water partition coefficient (Wildman–Crippen LogP) is 3.33. The van der Waals surface area contributed by atoms with Gasteiger partial charge in [0.2, 0.25) is 5.75 Å². The summed E-state index contributed by atoms with van der Waals surface area (Å²) in [5.74, 6) is 1.72. The van der Waals surface area contributed by atoms with Gasteiger partial charge >= 0.3 is 0 Å². The Morgan fingerprint density at radius 2 is 1.70 bits per heavy atom. The first-order valence-corrected chi connectivity index (χ1v) is 7.23. The summed E-state index contributed by atoms with van der Waals surface area (Å²) in [6.45, 7) is 6.25. The van der Waals surface area contributed by atoms with Crippen LogP contribution >= 0.6 is 0 Å². The van der Waals surface area contributed by atoms with E-state index in [0.29, 0.717) is 11.5 Å². The SMILES string of the molecule is COc1cc(CNCCCCC(C)C)cc(OC)c1O. The van der Waals surface area contributed by atoms with Gasteiger partial charge in [-0.1, -0.05) is 26.7 Å². The lowest BCUT2D eigenvalue weighted by Crippen LogP contribution is -2.15. The molecule has 1 aromatic carbocycles. The zero-order valence-corrected chi connectivity index (χ0v) is 13.0. The van der Waals surface area contributed by atoms with E-state index in [0.717, 1.165) is 24.6 Å². The Balaban J connectivity index is 2.44. The highest BCUT2D eigenvalue weighted by molar-refractivity contribution is 5.52. The lowest BCUT2D eigenvalue weighted by atomic mass is 10.1. The quantitative estimate of drug-likeness (QED) is 0.682. The maximum atomic E-state index is 9.84. The molecule has 4 heteroatoms. The molecule has 0 heterocycles. The Morgan fingerprint density at radius 3 is 2.20 bits per heavy atom. The second kappa shape index (κ2) is 8.69. The number of benzene rings is 1. The van der Waals surface area contributed by atoms with Gasteiger partial charge in [0.15, 0.2) is 11.5 Å². The van der Waals surface area contributed by atoms with Crippen LogP contribution in [0.1, 0.15) is 38.7 Å². The van der Waals surface area contributed by atoms with E-state index in [2.05, 4.69) is 19.2 Å². The van der Waals surface area contributed by atoms with Gasteiger partial charge < -0.3 is 19.9 Å². The number of hydrogen-bond acceptors (Lipinski definition) is 4. The summed E-state index contributed by atoms with van der Waals surface area (Å²) >= 11 is 0. The minimum atomic E-state index is 0.0516. The Labute approximate surface area is 122 Å². The van der Waals surface area contributed by atoms with Gasteiger partial charge in [-0.15, -0.1) is 0 Å². The van der Waals surface area contributed by atoms with Gasteiger partial charge in [0, 0.05) is 6.54 Å². The molecule has 0 saturated heterocycles. The standard InChI is InChI=1S/C16H27NO3/c1-12(2)7-5-6-8-17-11-13-9-14(19-3)16(18)15(10-13)20-4/h9-10,12,17-18H,5-8,11H2,1-4H3. The lowest BCUT2D eigenvalue weighted by molar-refractivity contribution is 0.339. The van der Waals surface area contributed by atoms with Gasteiger partial charge in [-0.2, -0.15) is 0 Å². The van der Waals surface area contributed by atoms with Crippen molar-refractivity contribution in [3.8, 4) is 17.2 Å². The Kier molecular flexibility index (Phi) is 7.23. The smallest absolute Gasteiger partial charge is 0.200 e. The van der Waals surface area contributed by atoms with Gasteiger partial charge in [0.05, 0.1) is 14.2 Å². The molecular formula is C16H27NO3. The highest BCUT2D eigenvalue weighted by atomic mass is 16.5. The normalized spacial score (nSPS) is 10.8. The Bertz CT molecular complexity index is 380. The molecule has 0 aliphatic rings. The van der Waals surface area contributed by atoms with Crippen LogP contribution in [-0.4, -0.2) is 25.9 Å². The lowest BCUT2D eigenvalue weighted by Gasteiger charge is -2.12. The van der Waals surface area contributed by atoms with Crippen molar-refractivity contribution in [3.05, 3.63) is 17.7 Å². The largest absolute Gasteiger partial charge is 0.502 e. The van der Waals surface area contributed by atoms with Crippen molar-refractivity contribution >= 4 is 0 Å². The van der Waals surface area contributed by atoms with E-state index in [-0.39, 0.29) is 5.75 Å². The van der Waals surface area contributed by atoms with Crippen LogP contribution in [0.15, 0.2) is 12.1 Å². The van der Waals surface area contributed by atoms with E-state index in [1.54, 1.807) is 0 Å². The molecule has 0 fully saturated rings. The fourth-order valence-electron chi connectivity index (χ4n) is 2.09. The van der Waals surface area contributed by atoms with Crippen LogP contribution in [0.25, 0.3) is 0 Å². The summed E-state index contributed by atoms with van der Waals surface area (Å²) in [6.07, 6.45) is 3.72. The van der Waals surface area contributed by atoms with E-state index < -0.39 is 0 Å². The van der Waals surface area contributed by atoms with Crippen LogP contribution in [0.3, 0.4) is 0 Å². The molecule has 1 rings (SSSR count). The Morgan fingerprint density at radius 1 is 1.10 bits per heavy atom. The molecule has 20 heavy (non-hydrogen) atoms.